The number of alkyl halides is 3. The van der Waals surface area contributed by atoms with Gasteiger partial charge >= 0.3 is 6.18 Å². The highest BCUT2D eigenvalue weighted by molar-refractivity contribution is 7.90. The summed E-state index contributed by atoms with van der Waals surface area (Å²) in [4.78, 5) is 8.87. The maximum atomic E-state index is 14.2. The Morgan fingerprint density at radius 2 is 1.55 bits per heavy atom. The summed E-state index contributed by atoms with van der Waals surface area (Å²) in [7, 11) is -4.05. The summed E-state index contributed by atoms with van der Waals surface area (Å²) in [6.07, 6.45) is -0.961. The van der Waals surface area contributed by atoms with Gasteiger partial charge in [-0.05, 0) is 59.5 Å². The van der Waals surface area contributed by atoms with Gasteiger partial charge in [-0.2, -0.15) is 13.2 Å². The van der Waals surface area contributed by atoms with Crippen molar-refractivity contribution in [2.45, 2.75) is 24.4 Å². The standard InChI is InChI=1S/C31H22F3N3O2S/c1-2-20-13-15-21(16-14-20)25-18-28(36-29-23(25)10-6-12-27(29)31(32,33)34)26-19-37(30-24(26)11-7-17-35-30)40(38,39)22-8-4-3-5-9-22/h3-19H,2H2,1H3. The van der Waals surface area contributed by atoms with E-state index in [0.717, 1.165) is 27.6 Å². The summed E-state index contributed by atoms with van der Waals surface area (Å²) >= 11 is 0. The summed E-state index contributed by atoms with van der Waals surface area (Å²) in [5, 5.41) is 0.798. The van der Waals surface area contributed by atoms with E-state index < -0.39 is 21.8 Å². The average molecular weight is 558 g/mol. The van der Waals surface area contributed by atoms with Crippen molar-refractivity contribution in [1.82, 2.24) is 13.9 Å². The SMILES string of the molecule is CCc1ccc(-c2cc(-c3cn(S(=O)(=O)c4ccccc4)c4ncccc34)nc3c(C(F)(F)F)cccc23)cc1. The van der Waals surface area contributed by atoms with Gasteiger partial charge in [-0.15, -0.1) is 0 Å². The van der Waals surface area contributed by atoms with Crippen LogP contribution in [-0.4, -0.2) is 22.4 Å². The number of pyridine rings is 2. The van der Waals surface area contributed by atoms with Crippen LogP contribution in [0.4, 0.5) is 13.2 Å². The fourth-order valence-electron chi connectivity index (χ4n) is 4.90. The maximum Gasteiger partial charge on any atom is 0.418 e. The third-order valence-electron chi connectivity index (χ3n) is 6.93. The number of benzene rings is 3. The molecule has 0 bridgehead atoms. The Morgan fingerprint density at radius 3 is 2.25 bits per heavy atom. The van der Waals surface area contributed by atoms with Crippen molar-refractivity contribution in [3.63, 3.8) is 0 Å². The van der Waals surface area contributed by atoms with E-state index in [1.807, 2.05) is 31.2 Å². The summed E-state index contributed by atoms with van der Waals surface area (Å²) < 4.78 is 70.7. The number of para-hydroxylation sites is 1. The quantitative estimate of drug-likeness (QED) is 0.218. The van der Waals surface area contributed by atoms with Crippen LogP contribution in [0.1, 0.15) is 18.1 Å². The Balaban J connectivity index is 1.67. The van der Waals surface area contributed by atoms with Gasteiger partial charge in [-0.1, -0.05) is 61.5 Å². The van der Waals surface area contributed by atoms with Crippen LogP contribution in [0, 0.1) is 0 Å². The summed E-state index contributed by atoms with van der Waals surface area (Å²) in [5.74, 6) is 0. The Labute approximate surface area is 228 Å². The van der Waals surface area contributed by atoms with Gasteiger partial charge in [0, 0.05) is 28.7 Å². The molecule has 9 heteroatoms. The Morgan fingerprint density at radius 1 is 0.825 bits per heavy atom. The maximum absolute atomic E-state index is 14.2. The van der Waals surface area contributed by atoms with Crippen LogP contribution >= 0.6 is 0 Å². The molecular formula is C31H22F3N3O2S. The molecule has 3 aromatic heterocycles. The lowest BCUT2D eigenvalue weighted by molar-refractivity contribution is -0.136. The lowest BCUT2D eigenvalue weighted by atomic mass is 9.95. The molecule has 0 fully saturated rings. The van der Waals surface area contributed by atoms with Gasteiger partial charge in [0.2, 0.25) is 0 Å². The first kappa shape index (κ1) is 25.8. The van der Waals surface area contributed by atoms with Gasteiger partial charge in [0.1, 0.15) is 0 Å². The predicted molar refractivity (Wildman–Crippen MR) is 149 cm³/mol. The molecule has 0 aliphatic carbocycles. The number of rotatable bonds is 5. The largest absolute Gasteiger partial charge is 0.418 e. The highest BCUT2D eigenvalue weighted by atomic mass is 32.2. The van der Waals surface area contributed by atoms with Gasteiger partial charge in [0.25, 0.3) is 10.0 Å². The van der Waals surface area contributed by atoms with E-state index in [4.69, 9.17) is 0 Å². The molecule has 0 unspecified atom stereocenters. The number of aryl methyl sites for hydroxylation is 1. The van der Waals surface area contributed by atoms with E-state index >= 15 is 0 Å². The monoisotopic (exact) mass is 557 g/mol. The third kappa shape index (κ3) is 4.32. The molecule has 0 aliphatic rings. The van der Waals surface area contributed by atoms with E-state index in [0.29, 0.717) is 21.9 Å². The van der Waals surface area contributed by atoms with Crippen LogP contribution in [-0.2, 0) is 22.6 Å². The van der Waals surface area contributed by atoms with Crippen LogP contribution < -0.4 is 0 Å². The summed E-state index contributed by atoms with van der Waals surface area (Å²) in [6.45, 7) is 2.03. The number of aromatic nitrogens is 3. The second-order valence-electron chi connectivity index (χ2n) is 9.34. The van der Waals surface area contributed by atoms with Crippen molar-refractivity contribution < 1.29 is 21.6 Å². The van der Waals surface area contributed by atoms with Crippen LogP contribution in [0.25, 0.3) is 44.3 Å². The molecule has 0 saturated carbocycles. The normalized spacial score (nSPS) is 12.3. The van der Waals surface area contributed by atoms with Crippen molar-refractivity contribution in [3.05, 3.63) is 115 Å². The number of hydrogen-bond acceptors (Lipinski definition) is 4. The van der Waals surface area contributed by atoms with Crippen molar-refractivity contribution >= 4 is 32.0 Å². The highest BCUT2D eigenvalue weighted by Crippen LogP contribution is 2.40. The topological polar surface area (TPSA) is 64.8 Å². The second kappa shape index (κ2) is 9.60. The van der Waals surface area contributed by atoms with E-state index in [9.17, 15) is 21.6 Å². The highest BCUT2D eigenvalue weighted by Gasteiger charge is 2.34. The second-order valence-corrected chi connectivity index (χ2v) is 11.2. The Hall–Kier alpha value is -4.50. The lowest BCUT2D eigenvalue weighted by Crippen LogP contribution is -2.12. The van der Waals surface area contributed by atoms with Crippen molar-refractivity contribution in [1.29, 1.82) is 0 Å². The number of hydrogen-bond donors (Lipinski definition) is 0. The zero-order valence-electron chi connectivity index (χ0n) is 21.2. The molecule has 5 nitrogen and oxygen atoms in total. The molecule has 3 aromatic carbocycles. The summed E-state index contributed by atoms with van der Waals surface area (Å²) in [6, 6.07) is 24.6. The number of fused-ring (bicyclic) bond motifs is 2. The number of halogens is 3. The third-order valence-corrected chi connectivity index (χ3v) is 8.59. The van der Waals surface area contributed by atoms with Gasteiger partial charge in [-0.25, -0.2) is 22.4 Å². The minimum atomic E-state index is -4.64. The zero-order valence-corrected chi connectivity index (χ0v) is 22.0. The minimum absolute atomic E-state index is 0.0617. The van der Waals surface area contributed by atoms with E-state index in [-0.39, 0.29) is 21.8 Å². The minimum Gasteiger partial charge on any atom is -0.247 e. The van der Waals surface area contributed by atoms with E-state index in [1.165, 1.54) is 30.6 Å². The molecule has 6 rings (SSSR count). The molecule has 0 spiro atoms. The van der Waals surface area contributed by atoms with Crippen molar-refractivity contribution in [2.75, 3.05) is 0 Å². The molecular weight excluding hydrogens is 535 g/mol. The molecule has 0 radical (unpaired) electrons. The first-order valence-corrected chi connectivity index (χ1v) is 14.0. The molecule has 3 heterocycles. The molecule has 200 valence electrons. The fraction of sp³-hybridized carbons (Fsp3) is 0.0968. The Bertz CT molecular complexity index is 1980. The first-order valence-electron chi connectivity index (χ1n) is 12.6. The van der Waals surface area contributed by atoms with Gasteiger partial charge in [-0.3, -0.25) is 0 Å². The van der Waals surface area contributed by atoms with Crippen molar-refractivity contribution in [3.8, 4) is 22.4 Å². The average Bonchev–Trinajstić information content (AvgIpc) is 3.37. The lowest BCUT2D eigenvalue weighted by Gasteiger charge is -2.15. The van der Waals surface area contributed by atoms with Crippen LogP contribution in [0.2, 0.25) is 0 Å². The molecule has 0 aliphatic heterocycles. The first-order chi connectivity index (χ1) is 19.2. The predicted octanol–water partition coefficient (Wildman–Crippen LogP) is 7.74. The summed E-state index contributed by atoms with van der Waals surface area (Å²) in [5.41, 5.74) is 2.02. The number of nitrogens with zero attached hydrogens (tertiary/aromatic N) is 3. The van der Waals surface area contributed by atoms with Crippen LogP contribution in [0.15, 0.2) is 108 Å². The van der Waals surface area contributed by atoms with Gasteiger partial charge in [0.05, 0.1) is 21.7 Å². The fourth-order valence-corrected chi connectivity index (χ4v) is 6.24. The molecule has 0 N–H and O–H groups in total. The Kier molecular flexibility index (Phi) is 6.18. The van der Waals surface area contributed by atoms with Crippen LogP contribution in [0.5, 0.6) is 0 Å². The van der Waals surface area contributed by atoms with Gasteiger partial charge < -0.3 is 0 Å². The molecule has 40 heavy (non-hydrogen) atoms. The molecule has 0 amide bonds. The van der Waals surface area contributed by atoms with Gasteiger partial charge in [0.15, 0.2) is 5.65 Å². The molecule has 0 atom stereocenters. The zero-order chi connectivity index (χ0) is 28.1. The van der Waals surface area contributed by atoms with Crippen LogP contribution in [0.3, 0.4) is 0 Å². The van der Waals surface area contributed by atoms with Crippen molar-refractivity contribution in [2.24, 2.45) is 0 Å². The smallest absolute Gasteiger partial charge is 0.247 e. The molecule has 0 saturated heterocycles. The van der Waals surface area contributed by atoms with E-state index in [1.54, 1.807) is 42.5 Å². The van der Waals surface area contributed by atoms with E-state index in [2.05, 4.69) is 9.97 Å². The molecule has 6 aromatic rings.